The van der Waals surface area contributed by atoms with Gasteiger partial charge in [-0.25, -0.2) is 14.8 Å². The fourth-order valence-electron chi connectivity index (χ4n) is 2.81. The van der Waals surface area contributed by atoms with Crippen LogP contribution in [0.25, 0.3) is 28.7 Å². The number of nitro benzene ring substituents is 2. The lowest BCUT2D eigenvalue weighted by molar-refractivity contribution is -0.670. The standard InChI is InChI=1S/C18H10N6O7/c25-17-9-22(21-31-17)11-2-3-15-14(8-11)18(26)20-16(19-15)4-1-10-5-12(23(27)28)7-13(6-10)24(29)30/h1-9H,(H-,19,20,21,25,26)/b4-1-. The van der Waals surface area contributed by atoms with Gasteiger partial charge in [0.2, 0.25) is 5.69 Å². The Balaban J connectivity index is 1.71. The minimum Gasteiger partial charge on any atom is -0.858 e. The molecule has 0 saturated heterocycles. The Bertz CT molecular complexity index is 1410. The summed E-state index contributed by atoms with van der Waals surface area (Å²) in [6, 6.07) is 7.76. The molecule has 0 aliphatic carbocycles. The van der Waals surface area contributed by atoms with Crippen LogP contribution in [0.2, 0.25) is 0 Å². The van der Waals surface area contributed by atoms with Crippen molar-refractivity contribution in [3.63, 3.8) is 0 Å². The molecule has 4 aromatic rings. The molecule has 0 spiro atoms. The number of fused-ring (bicyclic) bond motifs is 1. The third kappa shape index (κ3) is 3.95. The van der Waals surface area contributed by atoms with Gasteiger partial charge >= 0.3 is 5.63 Å². The first kappa shape index (κ1) is 19.4. The molecule has 1 N–H and O–H groups in total. The van der Waals surface area contributed by atoms with Crippen molar-refractivity contribution in [1.29, 1.82) is 0 Å². The van der Waals surface area contributed by atoms with E-state index < -0.39 is 32.7 Å². The Hall–Kier alpha value is -4.94. The fourth-order valence-corrected chi connectivity index (χ4v) is 2.81. The Morgan fingerprint density at radius 2 is 1.71 bits per heavy atom. The second kappa shape index (κ2) is 7.47. The van der Waals surface area contributed by atoms with Gasteiger partial charge < -0.3 is 5.11 Å². The Labute approximate surface area is 170 Å². The first-order chi connectivity index (χ1) is 14.8. The molecule has 0 saturated carbocycles. The van der Waals surface area contributed by atoms with Crippen LogP contribution in [0.1, 0.15) is 11.4 Å². The van der Waals surface area contributed by atoms with Crippen molar-refractivity contribution >= 4 is 34.4 Å². The quantitative estimate of drug-likeness (QED) is 0.281. The first-order valence-electron chi connectivity index (χ1n) is 8.51. The molecule has 2 heterocycles. The fraction of sp³-hybridized carbons (Fsp3) is 0. The van der Waals surface area contributed by atoms with Crippen LogP contribution in [-0.4, -0.2) is 25.1 Å². The van der Waals surface area contributed by atoms with E-state index in [1.165, 1.54) is 22.9 Å². The lowest BCUT2D eigenvalue weighted by Crippen LogP contribution is -2.32. The minimum atomic E-state index is -0.741. The average molecular weight is 422 g/mol. The number of H-pyrrole nitrogens is 1. The summed E-state index contributed by atoms with van der Waals surface area (Å²) in [5.74, 6) is -0.577. The van der Waals surface area contributed by atoms with Gasteiger partial charge in [-0.1, -0.05) is 6.08 Å². The number of aromatic amines is 1. The number of nitrogens with zero attached hydrogens (tertiary/aromatic N) is 5. The zero-order valence-electron chi connectivity index (χ0n) is 15.3. The molecule has 4 rings (SSSR count). The van der Waals surface area contributed by atoms with Crippen LogP contribution < -0.4 is 15.4 Å². The van der Waals surface area contributed by atoms with Crippen molar-refractivity contribution < 1.29 is 24.2 Å². The highest BCUT2D eigenvalue weighted by Gasteiger charge is 2.16. The number of aromatic nitrogens is 4. The van der Waals surface area contributed by atoms with Crippen LogP contribution in [0, 0.1) is 20.2 Å². The van der Waals surface area contributed by atoms with E-state index in [2.05, 4.69) is 19.8 Å². The smallest absolute Gasteiger partial charge is 0.427 e. The number of non-ortho nitro benzene ring substituents is 2. The molecule has 0 fully saturated rings. The number of benzene rings is 2. The topological polar surface area (TPSA) is 185 Å². The monoisotopic (exact) mass is 422 g/mol. The van der Waals surface area contributed by atoms with E-state index in [1.54, 1.807) is 12.1 Å². The summed E-state index contributed by atoms with van der Waals surface area (Å²) >= 11 is 0. The highest BCUT2D eigenvalue weighted by Crippen LogP contribution is 2.25. The molecule has 0 bridgehead atoms. The number of rotatable bonds is 5. The second-order valence-corrected chi connectivity index (χ2v) is 6.23. The lowest BCUT2D eigenvalue weighted by atomic mass is 10.1. The third-order valence-corrected chi connectivity index (χ3v) is 4.19. The van der Waals surface area contributed by atoms with E-state index in [-0.39, 0.29) is 16.8 Å². The molecule has 154 valence electrons. The molecule has 0 aliphatic rings. The van der Waals surface area contributed by atoms with Crippen molar-refractivity contribution in [2.24, 2.45) is 0 Å². The maximum Gasteiger partial charge on any atom is 0.427 e. The van der Waals surface area contributed by atoms with Crippen molar-refractivity contribution in [2.75, 3.05) is 0 Å². The molecule has 31 heavy (non-hydrogen) atoms. The van der Waals surface area contributed by atoms with Crippen molar-refractivity contribution in [3.05, 3.63) is 84.6 Å². The molecule has 0 atom stereocenters. The van der Waals surface area contributed by atoms with Crippen LogP contribution in [0.5, 0.6) is 5.88 Å². The van der Waals surface area contributed by atoms with Crippen LogP contribution in [0.4, 0.5) is 11.4 Å². The minimum absolute atomic E-state index is 0.0174. The second-order valence-electron chi connectivity index (χ2n) is 6.23. The normalized spacial score (nSPS) is 11.2. The average Bonchev–Trinajstić information content (AvgIpc) is 3.18. The van der Waals surface area contributed by atoms with Crippen molar-refractivity contribution in [3.8, 4) is 11.6 Å². The molecule has 0 unspecified atom stereocenters. The summed E-state index contributed by atoms with van der Waals surface area (Å²) in [5, 5.41) is 36.9. The molecule has 0 radical (unpaired) electrons. The summed E-state index contributed by atoms with van der Waals surface area (Å²) in [5.41, 5.74) is -0.542. The molecular formula is C18H10N6O7. The van der Waals surface area contributed by atoms with Crippen LogP contribution in [0.3, 0.4) is 0 Å². The first-order valence-corrected chi connectivity index (χ1v) is 8.51. The summed E-state index contributed by atoms with van der Waals surface area (Å²) < 4.78 is 5.86. The van der Waals surface area contributed by atoms with Gasteiger partial charge in [-0.15, -0.1) is 0 Å². The lowest BCUT2D eigenvalue weighted by Gasteiger charge is -2.09. The Kier molecular flexibility index (Phi) is 4.67. The molecule has 13 nitrogen and oxygen atoms in total. The predicted octanol–water partition coefficient (Wildman–Crippen LogP) is 1.25. The van der Waals surface area contributed by atoms with E-state index in [4.69, 9.17) is 0 Å². The number of nitro groups is 2. The highest BCUT2D eigenvalue weighted by molar-refractivity contribution is 5.85. The zero-order chi connectivity index (χ0) is 22.1. The molecule has 2 aromatic carbocycles. The van der Waals surface area contributed by atoms with E-state index in [9.17, 15) is 30.1 Å². The summed E-state index contributed by atoms with van der Waals surface area (Å²) in [6.45, 7) is 0. The van der Waals surface area contributed by atoms with Crippen LogP contribution in [0.15, 0.2) is 51.9 Å². The third-order valence-electron chi connectivity index (χ3n) is 4.19. The number of hydrogen-bond donors (Lipinski definition) is 1. The van der Waals surface area contributed by atoms with Gasteiger partial charge in [0.05, 0.1) is 21.4 Å². The summed E-state index contributed by atoms with van der Waals surface area (Å²) in [4.78, 5) is 39.7. The SMILES string of the molecule is O=c1c[n+](-c2ccc3nc(/C=C\c4cc([N+](=O)[O-])cc([N+](=O)[O-])c4)nc([O-])c3c2)[nH]o1. The van der Waals surface area contributed by atoms with E-state index in [0.717, 1.165) is 24.4 Å². The van der Waals surface area contributed by atoms with Gasteiger partial charge in [0.25, 0.3) is 17.6 Å². The van der Waals surface area contributed by atoms with E-state index in [0.29, 0.717) is 11.2 Å². The maximum atomic E-state index is 12.4. The molecule has 13 heteroatoms. The van der Waals surface area contributed by atoms with Gasteiger partial charge in [0.15, 0.2) is 5.82 Å². The van der Waals surface area contributed by atoms with Crippen molar-refractivity contribution in [1.82, 2.24) is 15.2 Å². The number of nitrogens with one attached hydrogen (secondary N) is 1. The van der Waals surface area contributed by atoms with Gasteiger partial charge in [0.1, 0.15) is 0 Å². The van der Waals surface area contributed by atoms with Gasteiger partial charge in [-0.3, -0.25) is 24.8 Å². The maximum absolute atomic E-state index is 12.4. The van der Waals surface area contributed by atoms with Gasteiger partial charge in [-0.2, -0.15) is 0 Å². The number of hydrogen-bond acceptors (Lipinski definition) is 9. The molecule has 2 aromatic heterocycles. The highest BCUT2D eigenvalue weighted by atomic mass is 16.6. The summed E-state index contributed by atoms with van der Waals surface area (Å²) in [6.07, 6.45) is 3.81. The Morgan fingerprint density at radius 3 is 2.32 bits per heavy atom. The van der Waals surface area contributed by atoms with E-state index in [1.807, 2.05) is 0 Å². The predicted molar refractivity (Wildman–Crippen MR) is 102 cm³/mol. The zero-order valence-corrected chi connectivity index (χ0v) is 15.3. The van der Waals surface area contributed by atoms with Crippen LogP contribution in [-0.2, 0) is 0 Å². The largest absolute Gasteiger partial charge is 0.858 e. The Morgan fingerprint density at radius 1 is 1.00 bits per heavy atom. The summed E-state index contributed by atoms with van der Waals surface area (Å²) in [7, 11) is 0. The molecule has 0 aliphatic heterocycles. The van der Waals surface area contributed by atoms with Gasteiger partial charge in [0, 0.05) is 29.7 Å². The molecular weight excluding hydrogens is 412 g/mol. The van der Waals surface area contributed by atoms with E-state index >= 15 is 0 Å². The van der Waals surface area contributed by atoms with Crippen LogP contribution >= 0.6 is 0 Å². The van der Waals surface area contributed by atoms with Gasteiger partial charge in [-0.05, 0) is 33.5 Å². The molecule has 0 amide bonds. The van der Waals surface area contributed by atoms with Crippen molar-refractivity contribution in [2.45, 2.75) is 0 Å².